The molecule has 0 bridgehead atoms. The maximum Gasteiger partial charge on any atom is 0.220 e. The molecule has 0 saturated carbocycles. The molecule has 1 aromatic carbocycles. The van der Waals surface area contributed by atoms with Crippen LogP contribution in [0.4, 0.5) is 10.3 Å². The number of nitrogens with zero attached hydrogens (tertiary/aromatic N) is 6. The van der Waals surface area contributed by atoms with Gasteiger partial charge in [0.25, 0.3) is 0 Å². The van der Waals surface area contributed by atoms with Crippen molar-refractivity contribution in [2.45, 2.75) is 71.4 Å². The van der Waals surface area contributed by atoms with Crippen molar-refractivity contribution in [2.75, 3.05) is 12.8 Å². The van der Waals surface area contributed by atoms with Gasteiger partial charge in [0.15, 0.2) is 5.82 Å². The highest BCUT2D eigenvalue weighted by Gasteiger charge is 2.28. The third kappa shape index (κ3) is 5.80. The fourth-order valence-electron chi connectivity index (χ4n) is 4.53. The smallest absolute Gasteiger partial charge is 0.220 e. The SMILES string of the molecule is CC(C)n1c(C(C)(C)O)nc2c(F)cc(-c3nc(N)ncc3Cl)cc21.COCc1cc2n(n1)CC(O)CC2. The molecule has 0 radical (unpaired) electrons. The summed E-state index contributed by atoms with van der Waals surface area (Å²) in [6.45, 7) is 8.30. The van der Waals surface area contributed by atoms with E-state index in [1.807, 2.05) is 18.5 Å². The molecule has 204 valence electrons. The highest BCUT2D eigenvalue weighted by Crippen LogP contribution is 2.34. The lowest BCUT2D eigenvalue weighted by atomic mass is 10.1. The number of fused-ring (bicyclic) bond motifs is 2. The van der Waals surface area contributed by atoms with Crippen molar-refractivity contribution in [3.8, 4) is 11.3 Å². The van der Waals surface area contributed by atoms with E-state index in [9.17, 15) is 14.6 Å². The summed E-state index contributed by atoms with van der Waals surface area (Å²) in [6, 6.07) is 5.07. The number of aromatic nitrogens is 6. The van der Waals surface area contributed by atoms with E-state index in [1.54, 1.807) is 31.6 Å². The Morgan fingerprint density at radius 1 is 1.26 bits per heavy atom. The monoisotopic (exact) mass is 545 g/mol. The number of halogens is 2. The molecule has 1 atom stereocenters. The highest BCUT2D eigenvalue weighted by atomic mass is 35.5. The molecule has 4 N–H and O–H groups in total. The molecular formula is C26H33ClFN7O3. The lowest BCUT2D eigenvalue weighted by molar-refractivity contribution is 0.0641. The number of imidazole rings is 1. The maximum absolute atomic E-state index is 14.7. The van der Waals surface area contributed by atoms with Gasteiger partial charge in [-0.2, -0.15) is 5.10 Å². The normalized spacial score (nSPS) is 15.5. The van der Waals surface area contributed by atoms with E-state index in [4.69, 9.17) is 22.1 Å². The Labute approximate surface area is 225 Å². The Hall–Kier alpha value is -3.12. The zero-order valence-corrected chi connectivity index (χ0v) is 22.9. The summed E-state index contributed by atoms with van der Waals surface area (Å²) in [4.78, 5) is 12.3. The molecule has 0 fully saturated rings. The van der Waals surface area contributed by atoms with Gasteiger partial charge in [-0.3, -0.25) is 4.68 Å². The lowest BCUT2D eigenvalue weighted by Gasteiger charge is -2.21. The van der Waals surface area contributed by atoms with Crippen molar-refractivity contribution in [3.63, 3.8) is 0 Å². The number of hydrogen-bond acceptors (Lipinski definition) is 8. The predicted octanol–water partition coefficient (Wildman–Crippen LogP) is 4.01. The van der Waals surface area contributed by atoms with Crippen LogP contribution >= 0.6 is 11.6 Å². The Morgan fingerprint density at radius 2 is 2.00 bits per heavy atom. The van der Waals surface area contributed by atoms with Gasteiger partial charge in [0.2, 0.25) is 5.95 Å². The number of aliphatic hydroxyl groups is 2. The minimum Gasteiger partial charge on any atom is -0.391 e. The van der Waals surface area contributed by atoms with Gasteiger partial charge in [-0.15, -0.1) is 0 Å². The largest absolute Gasteiger partial charge is 0.391 e. The first kappa shape index (κ1) is 27.9. The minimum absolute atomic E-state index is 0.0352. The van der Waals surface area contributed by atoms with Crippen LogP contribution in [0.1, 0.15) is 57.4 Å². The van der Waals surface area contributed by atoms with Crippen molar-refractivity contribution >= 4 is 28.6 Å². The molecule has 0 spiro atoms. The predicted molar refractivity (Wildman–Crippen MR) is 143 cm³/mol. The van der Waals surface area contributed by atoms with Crippen LogP contribution < -0.4 is 5.73 Å². The lowest BCUT2D eigenvalue weighted by Crippen LogP contribution is -2.24. The van der Waals surface area contributed by atoms with Gasteiger partial charge in [0, 0.05) is 24.4 Å². The zero-order valence-electron chi connectivity index (χ0n) is 22.1. The quantitative estimate of drug-likeness (QED) is 0.342. The Kier molecular flexibility index (Phi) is 8.03. The third-order valence-electron chi connectivity index (χ3n) is 6.17. The molecule has 1 unspecified atom stereocenters. The van der Waals surface area contributed by atoms with Crippen LogP contribution in [0.2, 0.25) is 5.02 Å². The molecule has 12 heteroatoms. The van der Waals surface area contributed by atoms with Gasteiger partial charge in [0.1, 0.15) is 16.9 Å². The van der Waals surface area contributed by atoms with Gasteiger partial charge in [-0.05, 0) is 58.7 Å². The summed E-state index contributed by atoms with van der Waals surface area (Å²) in [6.07, 6.45) is 2.90. The van der Waals surface area contributed by atoms with E-state index in [2.05, 4.69) is 26.1 Å². The van der Waals surface area contributed by atoms with Crippen molar-refractivity contribution in [1.29, 1.82) is 0 Å². The molecule has 1 aliphatic rings. The molecule has 38 heavy (non-hydrogen) atoms. The highest BCUT2D eigenvalue weighted by molar-refractivity contribution is 6.33. The average molecular weight is 546 g/mol. The topological polar surface area (TPSA) is 137 Å². The molecule has 0 saturated heterocycles. The van der Waals surface area contributed by atoms with Crippen molar-refractivity contribution in [2.24, 2.45) is 0 Å². The fraction of sp³-hybridized carbons (Fsp3) is 0.462. The first-order valence-electron chi connectivity index (χ1n) is 12.3. The second kappa shape index (κ2) is 10.9. The molecule has 0 amide bonds. The van der Waals surface area contributed by atoms with E-state index in [-0.39, 0.29) is 28.6 Å². The van der Waals surface area contributed by atoms with Gasteiger partial charge < -0.3 is 25.3 Å². The molecule has 10 nitrogen and oxygen atoms in total. The Morgan fingerprint density at radius 3 is 2.66 bits per heavy atom. The number of hydrogen-bond donors (Lipinski definition) is 3. The van der Waals surface area contributed by atoms with Gasteiger partial charge >= 0.3 is 0 Å². The van der Waals surface area contributed by atoms with E-state index >= 15 is 0 Å². The summed E-state index contributed by atoms with van der Waals surface area (Å²) in [5.41, 5.74) is 8.12. The van der Waals surface area contributed by atoms with Crippen molar-refractivity contribution < 1.29 is 19.3 Å². The third-order valence-corrected chi connectivity index (χ3v) is 6.45. The van der Waals surface area contributed by atoms with Crippen molar-refractivity contribution in [1.82, 2.24) is 29.3 Å². The summed E-state index contributed by atoms with van der Waals surface area (Å²) < 4.78 is 23.4. The summed E-state index contributed by atoms with van der Waals surface area (Å²) >= 11 is 6.15. The molecule has 5 rings (SSSR count). The van der Waals surface area contributed by atoms with Crippen molar-refractivity contribution in [3.05, 3.63) is 52.4 Å². The van der Waals surface area contributed by atoms with E-state index in [0.29, 0.717) is 35.8 Å². The number of aryl methyl sites for hydroxylation is 1. The number of ether oxygens (including phenoxy) is 1. The minimum atomic E-state index is -1.22. The number of rotatable bonds is 5. The first-order valence-corrected chi connectivity index (χ1v) is 12.7. The second-order valence-corrected chi connectivity index (χ2v) is 10.6. The summed E-state index contributed by atoms with van der Waals surface area (Å²) in [7, 11) is 1.66. The second-order valence-electron chi connectivity index (χ2n) is 10.1. The van der Waals surface area contributed by atoms with E-state index in [0.717, 1.165) is 18.5 Å². The number of nitrogen functional groups attached to an aromatic ring is 1. The zero-order chi connectivity index (χ0) is 27.8. The van der Waals surface area contributed by atoms with Crippen LogP contribution in [0.5, 0.6) is 0 Å². The van der Waals surface area contributed by atoms with Crippen LogP contribution in [0.3, 0.4) is 0 Å². The van der Waals surface area contributed by atoms with Crippen LogP contribution in [0, 0.1) is 5.82 Å². The number of methoxy groups -OCH3 is 1. The first-order chi connectivity index (χ1) is 17.9. The van der Waals surface area contributed by atoms with Gasteiger partial charge in [0.05, 0.1) is 47.4 Å². The van der Waals surface area contributed by atoms with Gasteiger partial charge in [-0.1, -0.05) is 11.6 Å². The van der Waals surface area contributed by atoms with Crippen LogP contribution in [-0.4, -0.2) is 52.7 Å². The number of anilines is 1. The molecular weight excluding hydrogens is 513 g/mol. The van der Waals surface area contributed by atoms with Crippen LogP contribution in [0.25, 0.3) is 22.3 Å². The Bertz CT molecular complexity index is 1450. The summed E-state index contributed by atoms with van der Waals surface area (Å²) in [5, 5.41) is 24.4. The standard InChI is InChI=1S/C17H19ClFN5O.C9H14N2O2/c1-8(2)24-12-6-9(13-10(18)7-21-16(20)23-13)5-11(19)14(12)22-15(24)17(3,4)25;1-13-6-7-4-8-2-3-9(12)5-11(8)10-7/h5-8,25H,1-4H3,(H2,20,21,23);4,9,12H,2-3,5-6H2,1H3. The maximum atomic E-state index is 14.7. The molecule has 1 aliphatic heterocycles. The molecule has 0 aliphatic carbocycles. The van der Waals surface area contributed by atoms with Crippen LogP contribution in [-0.2, 0) is 29.9 Å². The number of nitrogens with two attached hydrogens (primary N) is 1. The van der Waals surface area contributed by atoms with Crippen LogP contribution in [0.15, 0.2) is 24.4 Å². The average Bonchev–Trinajstić information content (AvgIpc) is 3.42. The van der Waals surface area contributed by atoms with E-state index in [1.165, 1.54) is 18.0 Å². The fourth-order valence-corrected chi connectivity index (χ4v) is 4.73. The van der Waals surface area contributed by atoms with Gasteiger partial charge in [-0.25, -0.2) is 19.3 Å². The molecule has 4 aromatic rings. The molecule has 3 aromatic heterocycles. The Balaban J connectivity index is 0.000000216. The summed E-state index contributed by atoms with van der Waals surface area (Å²) in [5.74, 6) is -0.0815. The molecule has 4 heterocycles. The number of aliphatic hydroxyl groups excluding tert-OH is 1. The number of benzene rings is 1. The van der Waals surface area contributed by atoms with E-state index < -0.39 is 11.4 Å².